The van der Waals surface area contributed by atoms with Gasteiger partial charge in [0.2, 0.25) is 0 Å². The second-order valence-electron chi connectivity index (χ2n) is 5.95. The van der Waals surface area contributed by atoms with Gasteiger partial charge < -0.3 is 9.05 Å². The van der Waals surface area contributed by atoms with Crippen LogP contribution in [0.5, 0.6) is 0 Å². The molecule has 0 aliphatic carbocycles. The standard InChI is InChI=1S/C16H35O3PS2/c1-5-9-11-15(7-3)13-17-20(22,19-21)18-14-16(8-4)12-10-6-2/h15-16,21H,5-14H2,1-4H3. The Balaban J connectivity index is 4.29. The van der Waals surface area contributed by atoms with Crippen molar-refractivity contribution in [1.82, 2.24) is 0 Å². The summed E-state index contributed by atoms with van der Waals surface area (Å²) in [5, 5.41) is 0. The molecule has 0 N–H and O–H groups in total. The molecule has 6 heteroatoms. The third kappa shape index (κ3) is 10.6. The highest BCUT2D eigenvalue weighted by Crippen LogP contribution is 2.52. The largest absolute Gasteiger partial charge is 0.338 e. The average Bonchev–Trinajstić information content (AvgIpc) is 2.55. The fourth-order valence-electron chi connectivity index (χ4n) is 2.27. The van der Waals surface area contributed by atoms with Gasteiger partial charge in [-0.3, -0.25) is 0 Å². The zero-order valence-electron chi connectivity index (χ0n) is 14.8. The van der Waals surface area contributed by atoms with E-state index in [1.165, 1.54) is 38.5 Å². The summed E-state index contributed by atoms with van der Waals surface area (Å²) in [5.41, 5.74) is 0. The lowest BCUT2D eigenvalue weighted by Gasteiger charge is -2.24. The average molecular weight is 371 g/mol. The predicted molar refractivity (Wildman–Crippen MR) is 103 cm³/mol. The van der Waals surface area contributed by atoms with Crippen LogP contribution in [0.1, 0.15) is 79.1 Å². The van der Waals surface area contributed by atoms with Crippen LogP contribution in [-0.2, 0) is 24.8 Å². The van der Waals surface area contributed by atoms with Gasteiger partial charge in [0.15, 0.2) is 0 Å². The molecule has 0 radical (unpaired) electrons. The van der Waals surface area contributed by atoms with Crippen LogP contribution in [0, 0.1) is 11.8 Å². The Morgan fingerprint density at radius 3 is 1.55 bits per heavy atom. The minimum Gasteiger partial charge on any atom is -0.308 e. The van der Waals surface area contributed by atoms with E-state index in [0.717, 1.165) is 12.8 Å². The Kier molecular flexibility index (Phi) is 14.8. The van der Waals surface area contributed by atoms with Gasteiger partial charge in [0.05, 0.1) is 13.2 Å². The maximum absolute atomic E-state index is 5.83. The van der Waals surface area contributed by atoms with Crippen molar-refractivity contribution in [3.63, 3.8) is 0 Å². The number of hydrogen-bond donors (Lipinski definition) is 1. The molecule has 0 fully saturated rings. The van der Waals surface area contributed by atoms with Gasteiger partial charge in [-0.15, -0.1) is 0 Å². The summed E-state index contributed by atoms with van der Waals surface area (Å²) in [7, 11) is 0. The van der Waals surface area contributed by atoms with E-state index in [-0.39, 0.29) is 0 Å². The third-order valence-corrected chi connectivity index (χ3v) is 7.09. The molecular weight excluding hydrogens is 335 g/mol. The topological polar surface area (TPSA) is 27.7 Å². The molecule has 134 valence electrons. The number of hydrogen-bond acceptors (Lipinski definition) is 5. The first-order chi connectivity index (χ1) is 10.5. The smallest absolute Gasteiger partial charge is 0.308 e. The van der Waals surface area contributed by atoms with Crippen molar-refractivity contribution >= 4 is 31.4 Å². The van der Waals surface area contributed by atoms with Gasteiger partial charge in [0.25, 0.3) is 0 Å². The van der Waals surface area contributed by atoms with Crippen molar-refractivity contribution < 1.29 is 13.0 Å². The maximum Gasteiger partial charge on any atom is 0.338 e. The SMILES string of the molecule is CCCCC(CC)COP(=S)(OS)OCC(CC)CCCC. The van der Waals surface area contributed by atoms with Crippen LogP contribution in [0.3, 0.4) is 0 Å². The van der Waals surface area contributed by atoms with E-state index in [1.807, 2.05) is 0 Å². The van der Waals surface area contributed by atoms with Crippen molar-refractivity contribution in [3.05, 3.63) is 0 Å². The molecule has 3 nitrogen and oxygen atoms in total. The number of thiol groups is 1. The minimum absolute atomic E-state index is 0.524. The van der Waals surface area contributed by atoms with Gasteiger partial charge in [0, 0.05) is 0 Å². The Hall–Kier alpha value is 0.880. The van der Waals surface area contributed by atoms with Crippen molar-refractivity contribution in [2.75, 3.05) is 13.2 Å². The van der Waals surface area contributed by atoms with Gasteiger partial charge in [-0.1, -0.05) is 66.2 Å². The molecule has 0 aliphatic heterocycles. The molecule has 0 aromatic rings. The summed E-state index contributed by atoms with van der Waals surface area (Å²) >= 11 is 9.33. The molecule has 0 rings (SSSR count). The fraction of sp³-hybridized carbons (Fsp3) is 1.00. The molecular formula is C16H35O3PS2. The maximum atomic E-state index is 5.83. The van der Waals surface area contributed by atoms with Crippen LogP contribution in [0.15, 0.2) is 0 Å². The first kappa shape index (κ1) is 22.9. The molecule has 0 aromatic carbocycles. The first-order valence-electron chi connectivity index (χ1n) is 8.77. The normalized spacial score (nSPS) is 17.1. The zero-order chi connectivity index (χ0) is 16.8. The molecule has 0 spiro atoms. The summed E-state index contributed by atoms with van der Waals surface area (Å²) in [6.45, 7) is 7.31. The summed E-state index contributed by atoms with van der Waals surface area (Å²) in [6, 6.07) is 0. The monoisotopic (exact) mass is 370 g/mol. The number of rotatable bonds is 15. The van der Waals surface area contributed by atoms with E-state index in [2.05, 4.69) is 40.6 Å². The van der Waals surface area contributed by atoms with Crippen molar-refractivity contribution in [3.8, 4) is 0 Å². The molecule has 2 unspecified atom stereocenters. The number of unbranched alkanes of at least 4 members (excludes halogenated alkanes) is 2. The second kappa shape index (κ2) is 14.2. The second-order valence-corrected chi connectivity index (χ2v) is 9.36. The van der Waals surface area contributed by atoms with E-state index in [9.17, 15) is 0 Å². The van der Waals surface area contributed by atoms with Crippen molar-refractivity contribution in [2.45, 2.75) is 79.1 Å². The van der Waals surface area contributed by atoms with Crippen LogP contribution in [0.25, 0.3) is 0 Å². The molecule has 0 aromatic heterocycles. The molecule has 0 heterocycles. The lowest BCUT2D eigenvalue weighted by atomic mass is 10.0. The van der Waals surface area contributed by atoms with E-state index in [1.54, 1.807) is 0 Å². The van der Waals surface area contributed by atoms with Gasteiger partial charge >= 0.3 is 6.72 Å². The van der Waals surface area contributed by atoms with Gasteiger partial charge in [-0.2, -0.15) is 0 Å². The van der Waals surface area contributed by atoms with Crippen molar-refractivity contribution in [1.29, 1.82) is 0 Å². The Labute approximate surface area is 148 Å². The third-order valence-electron chi connectivity index (χ3n) is 4.12. The Morgan fingerprint density at radius 1 is 0.864 bits per heavy atom. The van der Waals surface area contributed by atoms with Gasteiger partial charge in [0.1, 0.15) is 0 Å². The summed E-state index contributed by atoms with van der Waals surface area (Å²) in [6.07, 6.45) is 9.39. The first-order valence-corrected chi connectivity index (χ1v) is 11.7. The lowest BCUT2D eigenvalue weighted by molar-refractivity contribution is 0.154. The van der Waals surface area contributed by atoms with Crippen LogP contribution in [0.4, 0.5) is 0 Å². The lowest BCUT2D eigenvalue weighted by Crippen LogP contribution is -2.12. The molecule has 0 bridgehead atoms. The zero-order valence-corrected chi connectivity index (χ0v) is 17.4. The predicted octanol–water partition coefficient (Wildman–Crippen LogP) is 6.54. The molecule has 2 atom stereocenters. The molecule has 22 heavy (non-hydrogen) atoms. The van der Waals surface area contributed by atoms with Crippen LogP contribution in [-0.4, -0.2) is 13.2 Å². The van der Waals surface area contributed by atoms with Crippen molar-refractivity contribution in [2.24, 2.45) is 11.8 Å². The highest BCUT2D eigenvalue weighted by Gasteiger charge is 2.23. The van der Waals surface area contributed by atoms with E-state index < -0.39 is 6.72 Å². The molecule has 0 amide bonds. The van der Waals surface area contributed by atoms with Crippen LogP contribution < -0.4 is 0 Å². The summed E-state index contributed by atoms with van der Waals surface area (Å²) in [4.78, 5) is 0. The van der Waals surface area contributed by atoms with Crippen LogP contribution in [0.2, 0.25) is 0 Å². The van der Waals surface area contributed by atoms with E-state index in [4.69, 9.17) is 24.8 Å². The minimum atomic E-state index is -2.70. The quantitative estimate of drug-likeness (QED) is 0.201. The molecule has 0 saturated heterocycles. The summed E-state index contributed by atoms with van der Waals surface area (Å²) < 4.78 is 16.8. The highest BCUT2D eigenvalue weighted by atomic mass is 32.5. The summed E-state index contributed by atoms with van der Waals surface area (Å²) in [5.74, 6) is 1.05. The van der Waals surface area contributed by atoms with Crippen LogP contribution >= 0.6 is 19.6 Å². The van der Waals surface area contributed by atoms with Gasteiger partial charge in [-0.05, 0) is 49.4 Å². The van der Waals surface area contributed by atoms with E-state index in [0.29, 0.717) is 25.0 Å². The Morgan fingerprint density at radius 2 is 1.27 bits per heavy atom. The fourth-order valence-corrected chi connectivity index (χ4v) is 3.88. The molecule has 0 aliphatic rings. The van der Waals surface area contributed by atoms with Gasteiger partial charge in [-0.25, -0.2) is 3.97 Å². The molecule has 0 saturated carbocycles. The van der Waals surface area contributed by atoms with E-state index >= 15 is 0 Å². The highest BCUT2D eigenvalue weighted by molar-refractivity contribution is 8.10. The Bertz CT molecular complexity index is 279.